The van der Waals surface area contributed by atoms with Gasteiger partial charge in [0.05, 0.1) is 0 Å². The van der Waals surface area contributed by atoms with Crippen molar-refractivity contribution in [3.63, 3.8) is 0 Å². The Kier molecular flexibility index (Phi) is 5.79. The Balaban J connectivity index is 1.95. The van der Waals surface area contributed by atoms with E-state index in [1.807, 2.05) is 0 Å². The second-order valence-electron chi connectivity index (χ2n) is 6.94. The number of carboxylic acid groups (broad SMARTS) is 2. The number of aliphatic carboxylic acids is 2. The van der Waals surface area contributed by atoms with E-state index in [1.54, 1.807) is 0 Å². The number of aryl methyl sites for hydroxylation is 3. The highest BCUT2D eigenvalue weighted by atomic mass is 16.4. The molecule has 0 saturated heterocycles. The Labute approximate surface area is 158 Å². The summed E-state index contributed by atoms with van der Waals surface area (Å²) in [5, 5.41) is 20.0. The molecule has 0 unspecified atom stereocenters. The zero-order chi connectivity index (χ0) is 19.4. The van der Waals surface area contributed by atoms with E-state index in [-0.39, 0.29) is 12.8 Å². The van der Waals surface area contributed by atoms with Crippen molar-refractivity contribution in [3.05, 3.63) is 47.5 Å². The number of carboxylic acids is 2. The predicted molar refractivity (Wildman–Crippen MR) is 106 cm³/mol. The molecule has 1 aromatic heterocycles. The Bertz CT molecular complexity index is 910. The maximum Gasteiger partial charge on any atom is 0.303 e. The third-order valence-electron chi connectivity index (χ3n) is 5.02. The van der Waals surface area contributed by atoms with Gasteiger partial charge in [-0.3, -0.25) is 9.59 Å². The molecule has 1 heterocycles. The molecule has 0 saturated carbocycles. The van der Waals surface area contributed by atoms with Crippen LogP contribution in [0.2, 0.25) is 0 Å². The highest BCUT2D eigenvalue weighted by Crippen LogP contribution is 2.31. The first kappa shape index (κ1) is 19.0. The lowest BCUT2D eigenvalue weighted by Crippen LogP contribution is -1.96. The van der Waals surface area contributed by atoms with Crippen LogP contribution in [-0.2, 0) is 29.0 Å². The van der Waals surface area contributed by atoms with Crippen molar-refractivity contribution in [2.24, 2.45) is 0 Å². The molecular formula is C22H25NO4. The lowest BCUT2D eigenvalue weighted by molar-refractivity contribution is -0.138. The molecule has 0 aliphatic heterocycles. The third-order valence-corrected chi connectivity index (χ3v) is 5.02. The van der Waals surface area contributed by atoms with Crippen LogP contribution >= 0.6 is 0 Å². The van der Waals surface area contributed by atoms with Crippen molar-refractivity contribution < 1.29 is 19.8 Å². The molecule has 5 nitrogen and oxygen atoms in total. The van der Waals surface area contributed by atoms with Crippen LogP contribution in [0, 0.1) is 0 Å². The van der Waals surface area contributed by atoms with Crippen molar-refractivity contribution in [3.8, 4) is 0 Å². The average Bonchev–Trinajstić information content (AvgIpc) is 2.93. The number of nitrogens with zero attached hydrogens (tertiary/aromatic N) is 1. The van der Waals surface area contributed by atoms with Crippen molar-refractivity contribution in [1.82, 2.24) is 4.57 Å². The van der Waals surface area contributed by atoms with Crippen LogP contribution in [0.1, 0.15) is 43.7 Å². The number of rotatable bonds is 9. The lowest BCUT2D eigenvalue weighted by atomic mass is 10.0. The molecule has 0 bridgehead atoms. The minimum atomic E-state index is -0.760. The van der Waals surface area contributed by atoms with Crippen molar-refractivity contribution in [1.29, 1.82) is 0 Å². The second kappa shape index (κ2) is 8.25. The number of benzene rings is 2. The Morgan fingerprint density at radius 1 is 0.815 bits per heavy atom. The van der Waals surface area contributed by atoms with Crippen LogP contribution in [0.3, 0.4) is 0 Å². The fraction of sp³-hybridized carbons (Fsp3) is 0.364. The summed E-state index contributed by atoms with van der Waals surface area (Å²) in [6.07, 6.45) is 3.13. The first-order valence-corrected chi connectivity index (χ1v) is 9.47. The van der Waals surface area contributed by atoms with Gasteiger partial charge in [0, 0.05) is 41.2 Å². The number of hydrogen-bond acceptors (Lipinski definition) is 2. The highest BCUT2D eigenvalue weighted by molar-refractivity contribution is 6.08. The van der Waals surface area contributed by atoms with Crippen LogP contribution in [-0.4, -0.2) is 26.7 Å². The highest BCUT2D eigenvalue weighted by Gasteiger charge is 2.11. The molecule has 2 N–H and O–H groups in total. The number of aromatic nitrogens is 1. The van der Waals surface area contributed by atoms with Gasteiger partial charge in [-0.2, -0.15) is 0 Å². The van der Waals surface area contributed by atoms with Crippen LogP contribution in [0.5, 0.6) is 0 Å². The maximum absolute atomic E-state index is 10.7. The van der Waals surface area contributed by atoms with Gasteiger partial charge >= 0.3 is 11.9 Å². The minimum absolute atomic E-state index is 0.183. The number of carbonyl (C=O) groups is 2. The maximum atomic E-state index is 10.7. The van der Waals surface area contributed by atoms with Gasteiger partial charge < -0.3 is 14.8 Å². The molecule has 0 amide bonds. The molecular weight excluding hydrogens is 342 g/mol. The van der Waals surface area contributed by atoms with Gasteiger partial charge in [0.25, 0.3) is 0 Å². The molecule has 0 fully saturated rings. The van der Waals surface area contributed by atoms with Crippen molar-refractivity contribution >= 4 is 33.7 Å². The molecule has 3 rings (SSSR count). The largest absolute Gasteiger partial charge is 0.481 e. The Morgan fingerprint density at radius 3 is 1.63 bits per heavy atom. The van der Waals surface area contributed by atoms with E-state index >= 15 is 0 Å². The van der Waals surface area contributed by atoms with Gasteiger partial charge in [0.15, 0.2) is 0 Å². The van der Waals surface area contributed by atoms with Gasteiger partial charge in [0.2, 0.25) is 0 Å². The molecule has 2 aromatic carbocycles. The monoisotopic (exact) mass is 367 g/mol. The summed E-state index contributed by atoms with van der Waals surface area (Å²) in [6.45, 7) is 3.00. The van der Waals surface area contributed by atoms with Crippen LogP contribution in [0.25, 0.3) is 21.8 Å². The fourth-order valence-corrected chi connectivity index (χ4v) is 3.74. The van der Waals surface area contributed by atoms with E-state index in [4.69, 9.17) is 10.2 Å². The summed E-state index contributed by atoms with van der Waals surface area (Å²) in [5.74, 6) is -1.52. The van der Waals surface area contributed by atoms with E-state index < -0.39 is 11.9 Å². The van der Waals surface area contributed by atoms with Crippen LogP contribution in [0.4, 0.5) is 0 Å². The van der Waals surface area contributed by atoms with Crippen LogP contribution < -0.4 is 0 Å². The predicted octanol–water partition coefficient (Wildman–Crippen LogP) is 4.63. The quantitative estimate of drug-likeness (QED) is 0.578. The second-order valence-corrected chi connectivity index (χ2v) is 6.94. The van der Waals surface area contributed by atoms with Crippen molar-refractivity contribution in [2.75, 3.05) is 0 Å². The summed E-state index contributed by atoms with van der Waals surface area (Å²) in [5.41, 5.74) is 4.65. The number of fused-ring (bicyclic) bond motifs is 3. The van der Waals surface area contributed by atoms with Gasteiger partial charge in [-0.05, 0) is 68.0 Å². The molecule has 27 heavy (non-hydrogen) atoms. The third kappa shape index (κ3) is 4.30. The van der Waals surface area contributed by atoms with E-state index in [1.165, 1.54) is 21.8 Å². The van der Waals surface area contributed by atoms with Crippen LogP contribution in [0.15, 0.2) is 36.4 Å². The zero-order valence-electron chi connectivity index (χ0n) is 15.6. The summed E-state index contributed by atoms with van der Waals surface area (Å²) in [6, 6.07) is 12.8. The van der Waals surface area contributed by atoms with E-state index in [9.17, 15) is 9.59 Å². The molecule has 5 heteroatoms. The van der Waals surface area contributed by atoms with E-state index in [0.717, 1.165) is 30.5 Å². The molecule has 0 aliphatic rings. The molecule has 0 spiro atoms. The summed E-state index contributed by atoms with van der Waals surface area (Å²) in [4.78, 5) is 21.5. The zero-order valence-corrected chi connectivity index (χ0v) is 15.6. The summed E-state index contributed by atoms with van der Waals surface area (Å²) < 4.78 is 2.28. The smallest absolute Gasteiger partial charge is 0.303 e. The van der Waals surface area contributed by atoms with Gasteiger partial charge in [-0.1, -0.05) is 12.1 Å². The Morgan fingerprint density at radius 2 is 1.26 bits per heavy atom. The molecule has 3 aromatic rings. The molecule has 142 valence electrons. The number of hydrogen-bond donors (Lipinski definition) is 2. The fourth-order valence-electron chi connectivity index (χ4n) is 3.74. The summed E-state index contributed by atoms with van der Waals surface area (Å²) >= 11 is 0. The standard InChI is InChI=1S/C22H25NO4/c1-2-23-19-11-9-15(5-3-7-21(24)25)13-17(19)18-14-16(10-12-20(18)23)6-4-8-22(26)27/h9-14H,2-8H2,1H3,(H,24,25)(H,26,27). The average molecular weight is 367 g/mol. The van der Waals surface area contributed by atoms with Gasteiger partial charge in [0.1, 0.15) is 0 Å². The first-order valence-electron chi connectivity index (χ1n) is 9.47. The van der Waals surface area contributed by atoms with Gasteiger partial charge in [-0.15, -0.1) is 0 Å². The Hall–Kier alpha value is -2.82. The first-order chi connectivity index (χ1) is 13.0. The van der Waals surface area contributed by atoms with E-state index in [2.05, 4.69) is 47.9 Å². The summed E-state index contributed by atoms with van der Waals surface area (Å²) in [7, 11) is 0. The SMILES string of the molecule is CCn1c2ccc(CCCC(=O)O)cc2c2cc(CCCC(=O)O)ccc21. The normalized spacial score (nSPS) is 11.3. The van der Waals surface area contributed by atoms with E-state index in [0.29, 0.717) is 12.8 Å². The molecule has 0 atom stereocenters. The van der Waals surface area contributed by atoms with Crippen molar-refractivity contribution in [2.45, 2.75) is 52.0 Å². The van der Waals surface area contributed by atoms with Gasteiger partial charge in [-0.25, -0.2) is 0 Å². The molecule has 0 radical (unpaired) electrons. The topological polar surface area (TPSA) is 79.5 Å². The lowest BCUT2D eigenvalue weighted by Gasteiger charge is -2.04. The minimum Gasteiger partial charge on any atom is -0.481 e. The molecule has 0 aliphatic carbocycles.